The highest BCUT2D eigenvalue weighted by Crippen LogP contribution is 2.26. The SMILES string of the molecule is CCOC(=O)N1CCN(c2nncc(Nc3c(CC)cccc3CC)n2)CC1. The number of carbonyl (C=O) groups excluding carboxylic acids is 1. The molecular weight excluding hydrogens is 356 g/mol. The fourth-order valence-corrected chi connectivity index (χ4v) is 3.32. The van der Waals surface area contributed by atoms with Crippen LogP contribution in [0.15, 0.2) is 24.4 Å². The predicted octanol–water partition coefficient (Wildman–Crippen LogP) is 3.02. The number of hydrogen-bond acceptors (Lipinski definition) is 7. The first-order valence-corrected chi connectivity index (χ1v) is 9.90. The van der Waals surface area contributed by atoms with E-state index in [0.717, 1.165) is 18.5 Å². The molecule has 0 atom stereocenters. The summed E-state index contributed by atoms with van der Waals surface area (Å²) >= 11 is 0. The lowest BCUT2D eigenvalue weighted by Crippen LogP contribution is -2.49. The maximum Gasteiger partial charge on any atom is 0.409 e. The van der Waals surface area contributed by atoms with E-state index in [-0.39, 0.29) is 6.09 Å². The van der Waals surface area contributed by atoms with Crippen LogP contribution in [0.5, 0.6) is 0 Å². The topological polar surface area (TPSA) is 83.5 Å². The summed E-state index contributed by atoms with van der Waals surface area (Å²) in [6.45, 7) is 8.95. The minimum absolute atomic E-state index is 0.264. The molecular formula is C20H28N6O2. The lowest BCUT2D eigenvalue weighted by Gasteiger charge is -2.33. The molecule has 1 saturated heterocycles. The number of hydrogen-bond donors (Lipinski definition) is 1. The second kappa shape index (κ2) is 9.34. The second-order valence-corrected chi connectivity index (χ2v) is 6.60. The Morgan fingerprint density at radius 3 is 2.39 bits per heavy atom. The van der Waals surface area contributed by atoms with Crippen molar-refractivity contribution in [3.05, 3.63) is 35.5 Å². The second-order valence-electron chi connectivity index (χ2n) is 6.60. The number of ether oxygens (including phenoxy) is 1. The fraction of sp³-hybridized carbons (Fsp3) is 0.500. The first-order valence-electron chi connectivity index (χ1n) is 9.90. The molecule has 3 rings (SSSR count). The lowest BCUT2D eigenvalue weighted by atomic mass is 10.0. The number of piperazine rings is 1. The molecule has 0 bridgehead atoms. The van der Waals surface area contributed by atoms with Crippen molar-refractivity contribution < 1.29 is 9.53 Å². The summed E-state index contributed by atoms with van der Waals surface area (Å²) in [5.74, 6) is 1.24. The normalized spacial score (nSPS) is 14.1. The largest absolute Gasteiger partial charge is 0.450 e. The zero-order valence-corrected chi connectivity index (χ0v) is 16.8. The molecule has 1 amide bonds. The molecule has 1 aliphatic rings. The highest BCUT2D eigenvalue weighted by Gasteiger charge is 2.23. The average molecular weight is 384 g/mol. The van der Waals surface area contributed by atoms with Gasteiger partial charge in [-0.3, -0.25) is 0 Å². The van der Waals surface area contributed by atoms with Crippen LogP contribution >= 0.6 is 0 Å². The van der Waals surface area contributed by atoms with Gasteiger partial charge in [0.1, 0.15) is 0 Å². The predicted molar refractivity (Wildman–Crippen MR) is 109 cm³/mol. The Balaban J connectivity index is 1.71. The molecule has 1 aromatic carbocycles. The zero-order valence-electron chi connectivity index (χ0n) is 16.8. The highest BCUT2D eigenvalue weighted by atomic mass is 16.6. The van der Waals surface area contributed by atoms with E-state index in [4.69, 9.17) is 4.74 Å². The maximum absolute atomic E-state index is 11.9. The quantitative estimate of drug-likeness (QED) is 0.819. The number of aromatic nitrogens is 3. The number of para-hydroxylation sites is 1. The van der Waals surface area contributed by atoms with E-state index in [1.54, 1.807) is 11.1 Å². The third-order valence-corrected chi connectivity index (χ3v) is 4.89. The molecule has 0 unspecified atom stereocenters. The molecule has 0 aliphatic carbocycles. The number of aryl methyl sites for hydroxylation is 2. The van der Waals surface area contributed by atoms with E-state index in [1.165, 1.54) is 11.1 Å². The first kappa shape index (κ1) is 19.9. The van der Waals surface area contributed by atoms with Gasteiger partial charge in [0.05, 0.1) is 12.8 Å². The van der Waals surface area contributed by atoms with Crippen LogP contribution in [0.4, 0.5) is 22.2 Å². The van der Waals surface area contributed by atoms with Gasteiger partial charge >= 0.3 is 6.09 Å². The monoisotopic (exact) mass is 384 g/mol. The van der Waals surface area contributed by atoms with Crippen LogP contribution in [0.2, 0.25) is 0 Å². The molecule has 0 radical (unpaired) electrons. The van der Waals surface area contributed by atoms with Gasteiger partial charge in [-0.15, -0.1) is 5.10 Å². The highest BCUT2D eigenvalue weighted by molar-refractivity contribution is 5.68. The standard InChI is InChI=1S/C20H28N6O2/c1-4-15-8-7-9-16(5-2)18(15)22-17-14-21-24-19(23-17)25-10-12-26(13-11-25)20(27)28-6-3/h7-9,14H,4-6,10-13H2,1-3H3,(H,22,23,24). The summed E-state index contributed by atoms with van der Waals surface area (Å²) in [5.41, 5.74) is 3.61. The van der Waals surface area contributed by atoms with E-state index in [9.17, 15) is 4.79 Å². The van der Waals surface area contributed by atoms with E-state index >= 15 is 0 Å². The molecule has 1 fully saturated rings. The summed E-state index contributed by atoms with van der Waals surface area (Å²) in [6, 6.07) is 6.35. The molecule has 150 valence electrons. The van der Waals surface area contributed by atoms with Crippen molar-refractivity contribution in [2.75, 3.05) is 43.0 Å². The Labute approximate surface area is 165 Å². The van der Waals surface area contributed by atoms with Crippen molar-refractivity contribution >= 4 is 23.5 Å². The summed E-state index contributed by atoms with van der Waals surface area (Å²) < 4.78 is 5.07. The number of rotatable bonds is 6. The Hall–Kier alpha value is -2.90. The van der Waals surface area contributed by atoms with Crippen molar-refractivity contribution in [3.8, 4) is 0 Å². The van der Waals surface area contributed by atoms with Crippen LogP contribution in [-0.2, 0) is 17.6 Å². The van der Waals surface area contributed by atoms with Gasteiger partial charge in [0.2, 0.25) is 5.95 Å². The van der Waals surface area contributed by atoms with E-state index < -0.39 is 0 Å². The Kier molecular flexibility index (Phi) is 6.62. The minimum atomic E-state index is -0.264. The van der Waals surface area contributed by atoms with Crippen LogP contribution in [0, 0.1) is 0 Å². The number of anilines is 3. The molecule has 0 saturated carbocycles. The smallest absolute Gasteiger partial charge is 0.409 e. The number of benzene rings is 1. The third-order valence-electron chi connectivity index (χ3n) is 4.89. The van der Waals surface area contributed by atoms with E-state index in [1.807, 2.05) is 11.8 Å². The molecule has 2 heterocycles. The van der Waals surface area contributed by atoms with E-state index in [2.05, 4.69) is 52.5 Å². The zero-order chi connectivity index (χ0) is 19.9. The van der Waals surface area contributed by atoms with Crippen molar-refractivity contribution in [1.29, 1.82) is 0 Å². The Morgan fingerprint density at radius 2 is 1.79 bits per heavy atom. The fourth-order valence-electron chi connectivity index (χ4n) is 3.32. The third kappa shape index (κ3) is 4.49. The first-order chi connectivity index (χ1) is 13.7. The van der Waals surface area contributed by atoms with Crippen molar-refractivity contribution in [2.24, 2.45) is 0 Å². The van der Waals surface area contributed by atoms with Gasteiger partial charge in [-0.2, -0.15) is 10.1 Å². The van der Waals surface area contributed by atoms with Crippen molar-refractivity contribution in [1.82, 2.24) is 20.1 Å². The average Bonchev–Trinajstić information content (AvgIpc) is 2.74. The maximum atomic E-state index is 11.9. The Morgan fingerprint density at radius 1 is 1.11 bits per heavy atom. The van der Waals surface area contributed by atoms with E-state index in [0.29, 0.717) is 44.6 Å². The number of nitrogens with zero attached hydrogens (tertiary/aromatic N) is 5. The summed E-state index contributed by atoms with van der Waals surface area (Å²) in [5, 5.41) is 11.8. The van der Waals surface area contributed by atoms with Gasteiger partial charge in [0, 0.05) is 31.9 Å². The van der Waals surface area contributed by atoms with Crippen LogP contribution in [-0.4, -0.2) is 59.0 Å². The Bertz CT molecular complexity index is 783. The van der Waals surface area contributed by atoms with Crippen LogP contribution in [0.25, 0.3) is 0 Å². The summed E-state index contributed by atoms with van der Waals surface area (Å²) in [7, 11) is 0. The number of nitrogens with one attached hydrogen (secondary N) is 1. The molecule has 1 aliphatic heterocycles. The van der Waals surface area contributed by atoms with Gasteiger partial charge in [-0.05, 0) is 30.9 Å². The van der Waals surface area contributed by atoms with Gasteiger partial charge in [0.15, 0.2) is 5.82 Å². The molecule has 1 aromatic heterocycles. The van der Waals surface area contributed by atoms with Crippen molar-refractivity contribution in [2.45, 2.75) is 33.6 Å². The van der Waals surface area contributed by atoms with Gasteiger partial charge < -0.3 is 19.9 Å². The molecule has 1 N–H and O–H groups in total. The van der Waals surface area contributed by atoms with Gasteiger partial charge in [-0.1, -0.05) is 32.0 Å². The molecule has 2 aromatic rings. The molecule has 28 heavy (non-hydrogen) atoms. The van der Waals surface area contributed by atoms with Crippen LogP contribution in [0.3, 0.4) is 0 Å². The molecule has 8 nitrogen and oxygen atoms in total. The van der Waals surface area contributed by atoms with Crippen LogP contribution in [0.1, 0.15) is 31.9 Å². The van der Waals surface area contributed by atoms with Gasteiger partial charge in [-0.25, -0.2) is 4.79 Å². The lowest BCUT2D eigenvalue weighted by molar-refractivity contribution is 0.105. The summed E-state index contributed by atoms with van der Waals surface area (Å²) in [4.78, 5) is 20.3. The molecule has 8 heteroatoms. The molecule has 0 spiro atoms. The number of carbonyl (C=O) groups is 1. The number of amides is 1. The minimum Gasteiger partial charge on any atom is -0.450 e. The van der Waals surface area contributed by atoms with Gasteiger partial charge in [0.25, 0.3) is 0 Å². The van der Waals surface area contributed by atoms with Crippen molar-refractivity contribution in [3.63, 3.8) is 0 Å². The summed E-state index contributed by atoms with van der Waals surface area (Å²) in [6.07, 6.45) is 3.26. The van der Waals surface area contributed by atoms with Crippen LogP contribution < -0.4 is 10.2 Å².